The van der Waals surface area contributed by atoms with Gasteiger partial charge in [0.25, 0.3) is 5.91 Å². The third-order valence-electron chi connectivity index (χ3n) is 7.10. The summed E-state index contributed by atoms with van der Waals surface area (Å²) in [6.07, 6.45) is 4.80. The molecule has 1 saturated heterocycles. The number of aromatic nitrogens is 4. The Labute approximate surface area is 197 Å². The number of benzene rings is 1. The summed E-state index contributed by atoms with van der Waals surface area (Å²) in [6, 6.07) is 6.00. The molecule has 3 aromatic heterocycles. The number of piperidine rings is 1. The molecule has 172 valence electrons. The molecule has 8 heteroatoms. The topological polar surface area (TPSA) is 65.2 Å². The van der Waals surface area contributed by atoms with Gasteiger partial charge in [0.2, 0.25) is 0 Å². The first-order chi connectivity index (χ1) is 16.0. The summed E-state index contributed by atoms with van der Waals surface area (Å²) in [5, 5.41) is 0. The summed E-state index contributed by atoms with van der Waals surface area (Å²) < 4.78 is 11.3. The highest BCUT2D eigenvalue weighted by atomic mass is 32.1. The van der Waals surface area contributed by atoms with Gasteiger partial charge in [-0.05, 0) is 55.7 Å². The maximum atomic E-state index is 13.3. The van der Waals surface area contributed by atoms with Crippen LogP contribution in [0.4, 0.5) is 0 Å². The number of imidazole rings is 1. The van der Waals surface area contributed by atoms with Gasteiger partial charge >= 0.3 is 0 Å². The van der Waals surface area contributed by atoms with Crippen LogP contribution in [0.2, 0.25) is 0 Å². The number of ether oxygens (including phenoxy) is 1. The standard InChI is InChI=1S/C25H29N5O2S/c1-15-5-4-8-29(12-15)25(31)17-9-18-22(20(10-17)32-3)28(2)23(27-18)19-11-21-24(26-14-33-21)30(19)13-16-6-7-16/h9-11,14-16H,4-8,12-13H2,1-3H3/t15-/m1/s1. The predicted molar refractivity (Wildman–Crippen MR) is 131 cm³/mol. The molecule has 0 spiro atoms. The lowest BCUT2D eigenvalue weighted by molar-refractivity contribution is 0.0683. The summed E-state index contributed by atoms with van der Waals surface area (Å²) in [7, 11) is 3.69. The number of methoxy groups -OCH3 is 1. The number of carbonyl (C=O) groups excluding carboxylic acids is 1. The summed E-state index contributed by atoms with van der Waals surface area (Å²) in [4.78, 5) is 24.9. The Bertz CT molecular complexity index is 1360. The molecule has 1 aliphatic heterocycles. The molecule has 33 heavy (non-hydrogen) atoms. The van der Waals surface area contributed by atoms with Crippen LogP contribution >= 0.6 is 11.3 Å². The Hall–Kier alpha value is -2.87. The highest BCUT2D eigenvalue weighted by molar-refractivity contribution is 7.16. The average molecular weight is 464 g/mol. The second kappa shape index (κ2) is 7.87. The van der Waals surface area contributed by atoms with Crippen LogP contribution in [0.25, 0.3) is 32.9 Å². The summed E-state index contributed by atoms with van der Waals surface area (Å²) in [5.41, 5.74) is 6.37. The minimum absolute atomic E-state index is 0.0655. The molecule has 0 radical (unpaired) electrons. The minimum Gasteiger partial charge on any atom is -0.494 e. The first-order valence-electron chi connectivity index (χ1n) is 11.8. The quantitative estimate of drug-likeness (QED) is 0.420. The van der Waals surface area contributed by atoms with E-state index in [1.54, 1.807) is 18.4 Å². The number of hydrogen-bond acceptors (Lipinski definition) is 5. The molecule has 1 amide bonds. The van der Waals surface area contributed by atoms with Gasteiger partial charge in [-0.1, -0.05) is 6.92 Å². The van der Waals surface area contributed by atoms with E-state index in [-0.39, 0.29) is 5.91 Å². The van der Waals surface area contributed by atoms with Crippen molar-refractivity contribution < 1.29 is 9.53 Å². The van der Waals surface area contributed by atoms with E-state index < -0.39 is 0 Å². The summed E-state index contributed by atoms with van der Waals surface area (Å²) in [5.74, 6) is 2.89. The van der Waals surface area contributed by atoms with Gasteiger partial charge in [0.1, 0.15) is 11.3 Å². The molecule has 1 atom stereocenters. The minimum atomic E-state index is 0.0655. The normalized spacial score (nSPS) is 19.0. The maximum absolute atomic E-state index is 13.3. The van der Waals surface area contributed by atoms with E-state index in [1.165, 1.54) is 24.0 Å². The second-order valence-corrected chi connectivity index (χ2v) is 10.5. The molecule has 2 fully saturated rings. The monoisotopic (exact) mass is 463 g/mol. The van der Waals surface area contributed by atoms with Gasteiger partial charge in [-0.2, -0.15) is 0 Å². The van der Waals surface area contributed by atoms with Crippen LogP contribution in [0.1, 0.15) is 43.0 Å². The van der Waals surface area contributed by atoms with E-state index in [4.69, 9.17) is 9.72 Å². The highest BCUT2D eigenvalue weighted by Gasteiger charge is 2.28. The van der Waals surface area contributed by atoms with Crippen molar-refractivity contribution in [3.8, 4) is 17.3 Å². The number of hydrogen-bond donors (Lipinski definition) is 0. The zero-order chi connectivity index (χ0) is 22.7. The van der Waals surface area contributed by atoms with Gasteiger partial charge in [0.15, 0.2) is 11.5 Å². The summed E-state index contributed by atoms with van der Waals surface area (Å²) >= 11 is 1.66. The fraction of sp³-hybridized carbons (Fsp3) is 0.480. The number of amides is 1. The lowest BCUT2D eigenvalue weighted by atomic mass is 9.99. The molecular formula is C25H29N5O2S. The molecule has 1 saturated carbocycles. The Morgan fingerprint density at radius 2 is 2.09 bits per heavy atom. The van der Waals surface area contributed by atoms with Crippen molar-refractivity contribution in [1.82, 2.24) is 24.0 Å². The molecule has 7 nitrogen and oxygen atoms in total. The highest BCUT2D eigenvalue weighted by Crippen LogP contribution is 2.38. The first-order valence-corrected chi connectivity index (χ1v) is 12.7. The molecule has 4 heterocycles. The Balaban J connectivity index is 1.46. The van der Waals surface area contributed by atoms with E-state index in [9.17, 15) is 4.79 Å². The number of rotatable bonds is 5. The van der Waals surface area contributed by atoms with E-state index in [1.807, 2.05) is 29.6 Å². The smallest absolute Gasteiger partial charge is 0.254 e. The molecule has 0 bridgehead atoms. The van der Waals surface area contributed by atoms with Crippen LogP contribution in [0, 0.1) is 11.8 Å². The number of nitrogens with zero attached hydrogens (tertiary/aromatic N) is 5. The summed E-state index contributed by atoms with van der Waals surface area (Å²) in [6.45, 7) is 4.81. The number of fused-ring (bicyclic) bond motifs is 2. The number of thiazole rings is 1. The molecule has 4 aromatic rings. The van der Waals surface area contributed by atoms with E-state index in [0.717, 1.165) is 60.2 Å². The zero-order valence-electron chi connectivity index (χ0n) is 19.4. The van der Waals surface area contributed by atoms with Gasteiger partial charge in [-0.25, -0.2) is 9.97 Å². The number of carbonyl (C=O) groups is 1. The third-order valence-corrected chi connectivity index (χ3v) is 7.87. The number of likely N-dealkylation sites (tertiary alicyclic amines) is 1. The van der Waals surface area contributed by atoms with Crippen molar-refractivity contribution in [3.05, 3.63) is 29.3 Å². The van der Waals surface area contributed by atoms with Crippen LogP contribution < -0.4 is 4.74 Å². The predicted octanol–water partition coefficient (Wildman–Crippen LogP) is 4.94. The maximum Gasteiger partial charge on any atom is 0.254 e. The molecule has 1 aromatic carbocycles. The molecule has 0 N–H and O–H groups in total. The Kier molecular flexibility index (Phi) is 4.94. The molecule has 2 aliphatic rings. The number of aryl methyl sites for hydroxylation is 1. The average Bonchev–Trinajstić information content (AvgIpc) is 3.26. The van der Waals surface area contributed by atoms with Crippen molar-refractivity contribution in [2.75, 3.05) is 20.2 Å². The van der Waals surface area contributed by atoms with Crippen molar-refractivity contribution in [3.63, 3.8) is 0 Å². The lowest BCUT2D eigenvalue weighted by Gasteiger charge is -2.31. The third kappa shape index (κ3) is 3.51. The fourth-order valence-corrected chi connectivity index (χ4v) is 5.88. The lowest BCUT2D eigenvalue weighted by Crippen LogP contribution is -2.39. The van der Waals surface area contributed by atoms with Crippen LogP contribution in [0.5, 0.6) is 5.75 Å². The van der Waals surface area contributed by atoms with Crippen molar-refractivity contribution in [2.24, 2.45) is 18.9 Å². The SMILES string of the molecule is COc1cc(C(=O)N2CCC[C@@H](C)C2)cc2nc(-c3cc4scnc4n3CC3CC3)n(C)c12. The van der Waals surface area contributed by atoms with Gasteiger partial charge in [-0.3, -0.25) is 4.79 Å². The first kappa shape index (κ1) is 20.7. The van der Waals surface area contributed by atoms with Crippen molar-refractivity contribution in [1.29, 1.82) is 0 Å². The van der Waals surface area contributed by atoms with Crippen LogP contribution in [0.15, 0.2) is 23.7 Å². The van der Waals surface area contributed by atoms with Crippen LogP contribution in [-0.4, -0.2) is 50.1 Å². The zero-order valence-corrected chi connectivity index (χ0v) is 20.2. The van der Waals surface area contributed by atoms with Gasteiger partial charge in [0.05, 0.1) is 28.5 Å². The molecule has 0 unspecified atom stereocenters. The fourth-order valence-electron chi connectivity index (χ4n) is 5.17. The van der Waals surface area contributed by atoms with Gasteiger partial charge in [0, 0.05) is 32.2 Å². The van der Waals surface area contributed by atoms with Crippen LogP contribution in [-0.2, 0) is 13.6 Å². The van der Waals surface area contributed by atoms with Crippen LogP contribution in [0.3, 0.4) is 0 Å². The second-order valence-electron chi connectivity index (χ2n) is 9.66. The Morgan fingerprint density at radius 3 is 2.85 bits per heavy atom. The molecule has 6 rings (SSSR count). The van der Waals surface area contributed by atoms with E-state index in [0.29, 0.717) is 17.2 Å². The molecule has 1 aliphatic carbocycles. The van der Waals surface area contributed by atoms with Gasteiger partial charge in [-0.15, -0.1) is 11.3 Å². The largest absolute Gasteiger partial charge is 0.494 e. The van der Waals surface area contributed by atoms with E-state index >= 15 is 0 Å². The van der Waals surface area contributed by atoms with Gasteiger partial charge < -0.3 is 18.8 Å². The van der Waals surface area contributed by atoms with Crippen molar-refractivity contribution >= 4 is 38.6 Å². The Morgan fingerprint density at radius 1 is 1.24 bits per heavy atom. The van der Waals surface area contributed by atoms with E-state index in [2.05, 4.69) is 27.1 Å². The molecular weight excluding hydrogens is 434 g/mol. The van der Waals surface area contributed by atoms with Crippen molar-refractivity contribution in [2.45, 2.75) is 39.2 Å².